The molecule has 5 nitrogen and oxygen atoms in total. The van der Waals surface area contributed by atoms with E-state index in [0.29, 0.717) is 11.4 Å². The number of rotatable bonds is 4. The number of hydrogen-bond donors (Lipinski definition) is 0. The van der Waals surface area contributed by atoms with Crippen LogP contribution >= 0.6 is 0 Å². The van der Waals surface area contributed by atoms with Crippen LogP contribution in [0.3, 0.4) is 0 Å². The lowest BCUT2D eigenvalue weighted by Crippen LogP contribution is -1.99. The van der Waals surface area contributed by atoms with E-state index in [2.05, 4.69) is 157 Å². The van der Waals surface area contributed by atoms with Crippen LogP contribution in [-0.2, 0) is 0 Å². The molecular formula is C50H29N5. The minimum atomic E-state index is 0.570. The number of fused-ring (bicyclic) bond motifs is 9. The molecule has 0 aliphatic carbocycles. The first-order chi connectivity index (χ1) is 27.2. The second kappa shape index (κ2) is 11.8. The first kappa shape index (κ1) is 30.7. The average Bonchev–Trinajstić information content (AvgIpc) is 3.88. The van der Waals surface area contributed by atoms with Gasteiger partial charge in [-0.1, -0.05) is 103 Å². The fraction of sp³-hybridized carbons (Fsp3) is 0. The van der Waals surface area contributed by atoms with E-state index in [1.807, 2.05) is 42.5 Å². The van der Waals surface area contributed by atoms with Gasteiger partial charge in [-0.05, 0) is 83.7 Å². The molecule has 3 heterocycles. The van der Waals surface area contributed by atoms with Gasteiger partial charge in [-0.25, -0.2) is 9.69 Å². The number of para-hydroxylation sites is 4. The van der Waals surface area contributed by atoms with Crippen molar-refractivity contribution in [3.8, 4) is 28.2 Å². The third kappa shape index (κ3) is 4.51. The van der Waals surface area contributed by atoms with Gasteiger partial charge in [-0.15, -0.1) is 0 Å². The Morgan fingerprint density at radius 3 is 1.40 bits per heavy atom. The van der Waals surface area contributed by atoms with E-state index in [9.17, 15) is 0 Å². The summed E-state index contributed by atoms with van der Waals surface area (Å²) in [7, 11) is 0. The van der Waals surface area contributed by atoms with Crippen molar-refractivity contribution in [1.29, 1.82) is 0 Å². The molecule has 254 valence electrons. The van der Waals surface area contributed by atoms with Gasteiger partial charge in [0.05, 0.1) is 46.2 Å². The molecule has 0 amide bonds. The molecule has 8 aromatic carbocycles. The third-order valence-electron chi connectivity index (χ3n) is 11.0. The predicted molar refractivity (Wildman–Crippen MR) is 227 cm³/mol. The molecule has 0 atom stereocenters. The van der Waals surface area contributed by atoms with Crippen molar-refractivity contribution in [2.75, 3.05) is 0 Å². The van der Waals surface area contributed by atoms with Crippen LogP contribution in [0.2, 0.25) is 0 Å². The summed E-state index contributed by atoms with van der Waals surface area (Å²) in [5.41, 5.74) is 13.0. The normalized spacial score (nSPS) is 11.6. The largest absolute Gasteiger partial charge is 0.310 e. The van der Waals surface area contributed by atoms with E-state index in [1.165, 1.54) is 32.6 Å². The molecule has 0 saturated heterocycles. The summed E-state index contributed by atoms with van der Waals surface area (Å²) in [6.45, 7) is 15.6. The van der Waals surface area contributed by atoms with E-state index in [-0.39, 0.29) is 0 Å². The molecule has 0 aliphatic heterocycles. The lowest BCUT2D eigenvalue weighted by molar-refractivity contribution is 1.16. The fourth-order valence-corrected chi connectivity index (χ4v) is 8.70. The van der Waals surface area contributed by atoms with E-state index >= 15 is 0 Å². The summed E-state index contributed by atoms with van der Waals surface area (Å²) in [5.74, 6) is 0. The minimum absolute atomic E-state index is 0.570. The topological polar surface area (TPSA) is 23.5 Å². The summed E-state index contributed by atoms with van der Waals surface area (Å²) in [4.78, 5) is 7.56. The zero-order valence-electron chi connectivity index (χ0n) is 29.5. The minimum Gasteiger partial charge on any atom is -0.310 e. The second-order valence-corrected chi connectivity index (χ2v) is 14.0. The molecule has 3 aromatic heterocycles. The predicted octanol–water partition coefficient (Wildman–Crippen LogP) is 13.7. The summed E-state index contributed by atoms with van der Waals surface area (Å²) in [6, 6.07) is 61.6. The van der Waals surface area contributed by atoms with E-state index < -0.39 is 0 Å². The van der Waals surface area contributed by atoms with Gasteiger partial charge < -0.3 is 13.7 Å². The van der Waals surface area contributed by atoms with Crippen LogP contribution < -0.4 is 0 Å². The molecule has 0 N–H and O–H groups in total. The van der Waals surface area contributed by atoms with Gasteiger partial charge in [-0.2, -0.15) is 0 Å². The molecule has 11 aromatic rings. The summed E-state index contributed by atoms with van der Waals surface area (Å²) < 4.78 is 6.98. The SMILES string of the molecule is [C-]#[N+]c1ccc(-c2cccc(-n3c4ccccc4c4cc(-n5c6ccccc6c6ccccc65)ccc43)c2)c(-n2c3ccccc3c3cc([N+]#[C-])ccc32)c1. The van der Waals surface area contributed by atoms with Gasteiger partial charge in [0.2, 0.25) is 0 Å². The molecule has 0 saturated carbocycles. The highest BCUT2D eigenvalue weighted by Gasteiger charge is 2.19. The van der Waals surface area contributed by atoms with E-state index in [4.69, 9.17) is 13.1 Å². The molecule has 55 heavy (non-hydrogen) atoms. The number of aromatic nitrogens is 3. The van der Waals surface area contributed by atoms with Crippen LogP contribution in [0, 0.1) is 13.1 Å². The standard InChI is InChI=1S/C50H29N5/c1-51-33-23-26-49-42(29-33)40-16-6-10-21-47(40)55(49)50-30-34(52-2)22-25-37(50)32-12-11-13-35(28-32)53-46-20-9-5-17-41(46)43-31-36(24-27-48(43)53)54-44-18-7-3-14-38(44)39-15-4-8-19-45(39)54/h3-31H. The maximum Gasteiger partial charge on any atom is 0.189 e. The van der Waals surface area contributed by atoms with Crippen molar-refractivity contribution in [3.05, 3.63) is 199 Å². The van der Waals surface area contributed by atoms with Crippen molar-refractivity contribution >= 4 is 76.8 Å². The molecule has 0 aliphatic rings. The van der Waals surface area contributed by atoms with Crippen LogP contribution in [0.25, 0.3) is 103 Å². The van der Waals surface area contributed by atoms with Gasteiger partial charge in [0.1, 0.15) is 0 Å². The summed E-state index contributed by atoms with van der Waals surface area (Å²) >= 11 is 0. The van der Waals surface area contributed by atoms with Gasteiger partial charge in [0, 0.05) is 49.6 Å². The van der Waals surface area contributed by atoms with Gasteiger partial charge in [-0.3, -0.25) is 0 Å². The Bertz CT molecular complexity index is 3420. The van der Waals surface area contributed by atoms with E-state index in [0.717, 1.165) is 61.0 Å². The third-order valence-corrected chi connectivity index (χ3v) is 11.0. The molecule has 0 radical (unpaired) electrons. The molecule has 0 unspecified atom stereocenters. The smallest absolute Gasteiger partial charge is 0.189 e. The van der Waals surface area contributed by atoms with Crippen molar-refractivity contribution < 1.29 is 0 Å². The highest BCUT2D eigenvalue weighted by Crippen LogP contribution is 2.41. The maximum absolute atomic E-state index is 7.92. The number of benzene rings is 8. The van der Waals surface area contributed by atoms with Gasteiger partial charge in [0.15, 0.2) is 11.4 Å². The van der Waals surface area contributed by atoms with E-state index in [1.54, 1.807) is 0 Å². The Labute approximate surface area is 316 Å². The Morgan fingerprint density at radius 2 is 0.782 bits per heavy atom. The second-order valence-electron chi connectivity index (χ2n) is 14.0. The quantitative estimate of drug-likeness (QED) is 0.163. The number of nitrogens with zero attached hydrogens (tertiary/aromatic N) is 5. The molecule has 5 heteroatoms. The molecule has 0 bridgehead atoms. The van der Waals surface area contributed by atoms with Crippen molar-refractivity contribution in [2.24, 2.45) is 0 Å². The zero-order valence-corrected chi connectivity index (χ0v) is 29.5. The highest BCUT2D eigenvalue weighted by molar-refractivity contribution is 6.13. The lowest BCUT2D eigenvalue weighted by atomic mass is 10.0. The monoisotopic (exact) mass is 699 g/mol. The number of hydrogen-bond acceptors (Lipinski definition) is 0. The van der Waals surface area contributed by atoms with Crippen LogP contribution in [0.5, 0.6) is 0 Å². The maximum atomic E-state index is 7.92. The van der Waals surface area contributed by atoms with Crippen LogP contribution in [0.15, 0.2) is 176 Å². The summed E-state index contributed by atoms with van der Waals surface area (Å²) in [5, 5.41) is 6.96. The molecule has 0 spiro atoms. The average molecular weight is 700 g/mol. The Hall–Kier alpha value is -7.86. The van der Waals surface area contributed by atoms with Crippen LogP contribution in [0.1, 0.15) is 0 Å². The van der Waals surface area contributed by atoms with Crippen molar-refractivity contribution in [3.63, 3.8) is 0 Å². The highest BCUT2D eigenvalue weighted by atomic mass is 15.0. The zero-order chi connectivity index (χ0) is 36.6. The molecule has 11 rings (SSSR count). The van der Waals surface area contributed by atoms with Crippen molar-refractivity contribution in [1.82, 2.24) is 13.7 Å². The van der Waals surface area contributed by atoms with Crippen LogP contribution in [0.4, 0.5) is 11.4 Å². The van der Waals surface area contributed by atoms with Gasteiger partial charge >= 0.3 is 0 Å². The Kier molecular flexibility index (Phi) is 6.61. The molecule has 0 fully saturated rings. The van der Waals surface area contributed by atoms with Crippen LogP contribution in [-0.4, -0.2) is 13.7 Å². The Morgan fingerprint density at radius 1 is 0.327 bits per heavy atom. The van der Waals surface area contributed by atoms with Gasteiger partial charge in [0.25, 0.3) is 0 Å². The fourth-order valence-electron chi connectivity index (χ4n) is 8.70. The first-order valence-electron chi connectivity index (χ1n) is 18.3. The summed E-state index contributed by atoms with van der Waals surface area (Å²) in [6.07, 6.45) is 0. The lowest BCUT2D eigenvalue weighted by Gasteiger charge is -2.16. The Balaban J connectivity index is 1.12. The first-order valence-corrected chi connectivity index (χ1v) is 18.3. The molecular weight excluding hydrogens is 671 g/mol. The van der Waals surface area contributed by atoms with Crippen molar-refractivity contribution in [2.45, 2.75) is 0 Å².